The minimum Gasteiger partial charge on any atom is -0.466 e. The number of ketones is 1. The Morgan fingerprint density at radius 2 is 2.25 bits per heavy atom. The Kier molecular flexibility index (Phi) is 4.28. The Labute approximate surface area is 141 Å². The van der Waals surface area contributed by atoms with Crippen molar-refractivity contribution in [3.05, 3.63) is 12.2 Å². The Morgan fingerprint density at radius 1 is 1.50 bits per heavy atom. The van der Waals surface area contributed by atoms with Gasteiger partial charge in [-0.3, -0.25) is 14.4 Å². The maximum absolute atomic E-state index is 12.6. The fourth-order valence-electron chi connectivity index (χ4n) is 4.61. The minimum absolute atomic E-state index is 0.00141. The first kappa shape index (κ1) is 17.1. The molecule has 2 fully saturated rings. The summed E-state index contributed by atoms with van der Waals surface area (Å²) in [6, 6.07) is 0. The number of aliphatic hydroxyl groups excluding tert-OH is 1. The predicted molar refractivity (Wildman–Crippen MR) is 83.8 cm³/mol. The molecule has 132 valence electrons. The average molecular weight is 336 g/mol. The van der Waals surface area contributed by atoms with Gasteiger partial charge in [-0.1, -0.05) is 12.2 Å². The van der Waals surface area contributed by atoms with Crippen LogP contribution in [0, 0.1) is 17.3 Å². The molecule has 6 nitrogen and oxygen atoms in total. The molecule has 1 heterocycles. The number of rotatable bonds is 5. The van der Waals surface area contributed by atoms with Crippen molar-refractivity contribution in [1.82, 2.24) is 0 Å². The first-order valence-electron chi connectivity index (χ1n) is 8.57. The van der Waals surface area contributed by atoms with Crippen LogP contribution < -0.4 is 0 Å². The van der Waals surface area contributed by atoms with Crippen LogP contribution >= 0.6 is 0 Å². The van der Waals surface area contributed by atoms with Crippen LogP contribution in [0.4, 0.5) is 0 Å². The van der Waals surface area contributed by atoms with E-state index in [0.29, 0.717) is 6.42 Å². The molecule has 24 heavy (non-hydrogen) atoms. The van der Waals surface area contributed by atoms with Crippen molar-refractivity contribution in [1.29, 1.82) is 0 Å². The average Bonchev–Trinajstić information content (AvgIpc) is 2.72. The molecule has 0 bridgehead atoms. The lowest BCUT2D eigenvalue weighted by molar-refractivity contribution is -0.263. The molecule has 0 amide bonds. The quantitative estimate of drug-likeness (QED) is 0.605. The van der Waals surface area contributed by atoms with Crippen LogP contribution in [0.15, 0.2) is 12.2 Å². The lowest BCUT2D eigenvalue weighted by Gasteiger charge is -2.55. The molecule has 0 radical (unpaired) electrons. The molecule has 5 atom stereocenters. The van der Waals surface area contributed by atoms with Crippen LogP contribution in [0.2, 0.25) is 0 Å². The van der Waals surface area contributed by atoms with E-state index in [-0.39, 0.29) is 24.7 Å². The lowest BCUT2D eigenvalue weighted by Crippen LogP contribution is -2.70. The molecule has 0 aromatic heterocycles. The first-order chi connectivity index (χ1) is 11.3. The number of hydrogen-bond acceptors (Lipinski definition) is 6. The zero-order valence-corrected chi connectivity index (χ0v) is 14.1. The number of Topliss-reactive ketones (excluding diaryl/α,β-unsaturated/α-hetero) is 1. The third kappa shape index (κ3) is 2.31. The fraction of sp³-hybridized carbons (Fsp3) is 0.722. The zero-order valence-electron chi connectivity index (χ0n) is 14.1. The number of carbonyl (C=O) groups excluding carboxylic acids is 3. The van der Waals surface area contributed by atoms with Gasteiger partial charge >= 0.3 is 11.9 Å². The fourth-order valence-corrected chi connectivity index (χ4v) is 4.61. The van der Waals surface area contributed by atoms with Gasteiger partial charge in [-0.05, 0) is 32.6 Å². The topological polar surface area (TPSA) is 89.9 Å². The second-order valence-electron chi connectivity index (χ2n) is 7.26. The Bertz CT molecular complexity index is 596. The summed E-state index contributed by atoms with van der Waals surface area (Å²) < 4.78 is 10.4. The van der Waals surface area contributed by atoms with Crippen LogP contribution in [0.1, 0.15) is 46.0 Å². The summed E-state index contributed by atoms with van der Waals surface area (Å²) in [6.07, 6.45) is 6.08. The Morgan fingerprint density at radius 3 is 2.83 bits per heavy atom. The highest BCUT2D eigenvalue weighted by atomic mass is 16.6. The van der Waals surface area contributed by atoms with E-state index >= 15 is 0 Å². The van der Waals surface area contributed by atoms with E-state index in [1.807, 2.05) is 12.2 Å². The molecule has 3 aliphatic rings. The normalized spacial score (nSPS) is 39.0. The van der Waals surface area contributed by atoms with Gasteiger partial charge < -0.3 is 14.6 Å². The summed E-state index contributed by atoms with van der Waals surface area (Å²) in [5.41, 5.74) is -2.19. The summed E-state index contributed by atoms with van der Waals surface area (Å²) in [7, 11) is 0. The number of aliphatic hydroxyl groups is 1. The van der Waals surface area contributed by atoms with Gasteiger partial charge in [-0.2, -0.15) is 0 Å². The van der Waals surface area contributed by atoms with Crippen molar-refractivity contribution in [2.75, 3.05) is 6.61 Å². The third-order valence-corrected chi connectivity index (χ3v) is 5.98. The molecule has 6 heteroatoms. The van der Waals surface area contributed by atoms with E-state index in [1.165, 1.54) is 6.92 Å². The highest BCUT2D eigenvalue weighted by Gasteiger charge is 2.78. The van der Waals surface area contributed by atoms with Crippen LogP contribution in [0.3, 0.4) is 0 Å². The molecular weight excluding hydrogens is 312 g/mol. The third-order valence-electron chi connectivity index (χ3n) is 5.98. The van der Waals surface area contributed by atoms with Crippen LogP contribution in [0.25, 0.3) is 0 Å². The van der Waals surface area contributed by atoms with Crippen molar-refractivity contribution in [2.24, 2.45) is 17.3 Å². The van der Waals surface area contributed by atoms with Gasteiger partial charge in [-0.15, -0.1) is 0 Å². The van der Waals surface area contributed by atoms with Crippen molar-refractivity contribution in [3.63, 3.8) is 0 Å². The van der Waals surface area contributed by atoms with Crippen LogP contribution in [0.5, 0.6) is 0 Å². The second-order valence-corrected chi connectivity index (χ2v) is 7.26. The Balaban J connectivity index is 1.82. The van der Waals surface area contributed by atoms with Gasteiger partial charge in [0.25, 0.3) is 0 Å². The molecule has 1 aliphatic heterocycles. The van der Waals surface area contributed by atoms with Crippen LogP contribution in [-0.2, 0) is 23.9 Å². The van der Waals surface area contributed by atoms with Gasteiger partial charge in [0.05, 0.1) is 18.6 Å². The number of ether oxygens (including phenoxy) is 2. The highest BCUT2D eigenvalue weighted by molar-refractivity contribution is 6.00. The molecule has 0 unspecified atom stereocenters. The van der Waals surface area contributed by atoms with E-state index in [2.05, 4.69) is 0 Å². The second kappa shape index (κ2) is 5.99. The monoisotopic (exact) mass is 336 g/mol. The number of hydrogen-bond donors (Lipinski definition) is 1. The molecule has 0 aromatic carbocycles. The number of esters is 2. The predicted octanol–water partition coefficient (Wildman–Crippen LogP) is 1.55. The van der Waals surface area contributed by atoms with Gasteiger partial charge in [-0.25, -0.2) is 0 Å². The summed E-state index contributed by atoms with van der Waals surface area (Å²) in [6.45, 7) is 3.15. The van der Waals surface area contributed by atoms with E-state index in [9.17, 15) is 19.5 Å². The Hall–Kier alpha value is -1.69. The summed E-state index contributed by atoms with van der Waals surface area (Å²) in [4.78, 5) is 35.8. The molecule has 1 N–H and O–H groups in total. The number of fused-ring (bicyclic) bond motifs is 1. The van der Waals surface area contributed by atoms with Gasteiger partial charge in [0.1, 0.15) is 16.8 Å². The largest absolute Gasteiger partial charge is 0.466 e. The minimum atomic E-state index is -1.17. The van der Waals surface area contributed by atoms with Crippen molar-refractivity contribution < 1.29 is 29.0 Å². The van der Waals surface area contributed by atoms with Gasteiger partial charge in [0, 0.05) is 19.3 Å². The summed E-state index contributed by atoms with van der Waals surface area (Å²) in [5, 5.41) is 10.9. The van der Waals surface area contributed by atoms with E-state index < -0.39 is 35.0 Å². The van der Waals surface area contributed by atoms with Gasteiger partial charge in [0.15, 0.2) is 0 Å². The molecule has 0 aromatic rings. The molecule has 2 aliphatic carbocycles. The lowest BCUT2D eigenvalue weighted by atomic mass is 9.60. The smallest absolute Gasteiger partial charge is 0.319 e. The van der Waals surface area contributed by atoms with Crippen molar-refractivity contribution in [3.8, 4) is 0 Å². The maximum atomic E-state index is 12.6. The molecule has 0 spiro atoms. The summed E-state index contributed by atoms with van der Waals surface area (Å²) >= 11 is 0. The van der Waals surface area contributed by atoms with Crippen molar-refractivity contribution in [2.45, 2.75) is 57.7 Å². The SMILES string of the molecule is CC(=O)OCC[C@H]1C(=O)C[C@@]2([C@@H](O)[C@@H]3C=CCCC3)C(=O)O[C@@]12C. The van der Waals surface area contributed by atoms with Crippen molar-refractivity contribution >= 4 is 17.7 Å². The van der Waals surface area contributed by atoms with Crippen LogP contribution in [-0.4, -0.2) is 41.1 Å². The molecular formula is C18H24O6. The highest BCUT2D eigenvalue weighted by Crippen LogP contribution is 2.62. The summed E-state index contributed by atoms with van der Waals surface area (Å²) in [5.74, 6) is -1.67. The maximum Gasteiger partial charge on any atom is 0.319 e. The first-order valence-corrected chi connectivity index (χ1v) is 8.57. The molecule has 3 rings (SSSR count). The molecule has 1 saturated heterocycles. The van der Waals surface area contributed by atoms with E-state index in [0.717, 1.165) is 19.3 Å². The van der Waals surface area contributed by atoms with E-state index in [4.69, 9.17) is 9.47 Å². The standard InChI is InChI=1S/C18H24O6/c1-11(19)23-9-8-13-14(20)10-18(16(22)24-17(13,18)2)15(21)12-6-4-3-5-7-12/h4,6,12-13,15,21H,3,5,7-10H2,1-2H3/t12-,13+,15+,17+,18-/m1/s1. The van der Waals surface area contributed by atoms with E-state index in [1.54, 1.807) is 6.92 Å². The number of allylic oxidation sites excluding steroid dienone is 1. The van der Waals surface area contributed by atoms with Gasteiger partial charge in [0.2, 0.25) is 0 Å². The molecule has 1 saturated carbocycles. The zero-order chi connectivity index (χ0) is 17.5. The number of carbonyl (C=O) groups is 3.